The van der Waals surface area contributed by atoms with Crippen LogP contribution in [0.5, 0.6) is 0 Å². The van der Waals surface area contributed by atoms with Gasteiger partial charge in [0.25, 0.3) is 0 Å². The van der Waals surface area contributed by atoms with Gasteiger partial charge in [-0.15, -0.1) is 0 Å². The van der Waals surface area contributed by atoms with Crippen LogP contribution < -0.4 is 4.90 Å². The van der Waals surface area contributed by atoms with E-state index in [2.05, 4.69) is 36.1 Å². The second kappa shape index (κ2) is 8.56. The molecule has 0 radical (unpaired) electrons. The van der Waals surface area contributed by atoms with E-state index in [0.717, 1.165) is 39.0 Å². The highest BCUT2D eigenvalue weighted by molar-refractivity contribution is 5.78. The molecule has 2 amide bonds. The maximum absolute atomic E-state index is 12.6. The molecule has 5 heteroatoms. The highest BCUT2D eigenvalue weighted by Crippen LogP contribution is 2.24. The Morgan fingerprint density at radius 2 is 1.81 bits per heavy atom. The van der Waals surface area contributed by atoms with E-state index in [1.807, 2.05) is 9.80 Å². The highest BCUT2D eigenvalue weighted by Gasteiger charge is 2.26. The standard InChI is InChI=1S/C21H31N3O2/c1-17-6-5-9-20(16-17)22-12-14-23(15-13-22)21(26)10-11-24(18(2)25)19-7-3-4-8-19/h5-6,9,16,19H,3-4,7-8,10-15H2,1-2H3. The number of benzene rings is 1. The van der Waals surface area contributed by atoms with Crippen LogP contribution in [0.25, 0.3) is 0 Å². The molecular formula is C21H31N3O2. The summed E-state index contributed by atoms with van der Waals surface area (Å²) in [5.41, 5.74) is 2.50. The first-order chi connectivity index (χ1) is 12.5. The van der Waals surface area contributed by atoms with E-state index in [1.165, 1.54) is 24.1 Å². The number of piperazine rings is 1. The number of nitrogens with zero attached hydrogens (tertiary/aromatic N) is 3. The fraction of sp³-hybridized carbons (Fsp3) is 0.619. The number of aryl methyl sites for hydroxylation is 1. The molecule has 2 fully saturated rings. The van der Waals surface area contributed by atoms with Gasteiger partial charge in [0.2, 0.25) is 11.8 Å². The fourth-order valence-corrected chi connectivity index (χ4v) is 4.23. The second-order valence-electron chi connectivity index (χ2n) is 7.61. The molecule has 0 atom stereocenters. The van der Waals surface area contributed by atoms with Crippen molar-refractivity contribution in [3.05, 3.63) is 29.8 Å². The summed E-state index contributed by atoms with van der Waals surface area (Å²) in [5.74, 6) is 0.284. The summed E-state index contributed by atoms with van der Waals surface area (Å²) in [5, 5.41) is 0. The van der Waals surface area contributed by atoms with Gasteiger partial charge >= 0.3 is 0 Å². The van der Waals surface area contributed by atoms with E-state index in [-0.39, 0.29) is 11.8 Å². The third-order valence-corrected chi connectivity index (χ3v) is 5.74. The predicted octanol–water partition coefficient (Wildman–Crippen LogP) is 2.82. The number of carbonyl (C=O) groups is 2. The van der Waals surface area contributed by atoms with E-state index >= 15 is 0 Å². The Labute approximate surface area is 156 Å². The van der Waals surface area contributed by atoms with Crippen LogP contribution in [-0.2, 0) is 9.59 Å². The molecule has 0 N–H and O–H groups in total. The van der Waals surface area contributed by atoms with Crippen molar-refractivity contribution in [2.24, 2.45) is 0 Å². The molecule has 1 heterocycles. The van der Waals surface area contributed by atoms with E-state index in [0.29, 0.717) is 19.0 Å². The van der Waals surface area contributed by atoms with Gasteiger partial charge in [0, 0.05) is 57.8 Å². The Balaban J connectivity index is 1.48. The Morgan fingerprint density at radius 1 is 1.12 bits per heavy atom. The molecule has 0 aromatic heterocycles. The molecule has 1 aliphatic carbocycles. The maximum Gasteiger partial charge on any atom is 0.224 e. The first kappa shape index (κ1) is 18.7. The van der Waals surface area contributed by atoms with Crippen LogP contribution in [-0.4, -0.2) is 60.4 Å². The van der Waals surface area contributed by atoms with Crippen LogP contribution in [0.3, 0.4) is 0 Å². The summed E-state index contributed by atoms with van der Waals surface area (Å²) >= 11 is 0. The smallest absolute Gasteiger partial charge is 0.224 e. The molecule has 0 spiro atoms. The zero-order valence-corrected chi connectivity index (χ0v) is 16.1. The molecule has 1 aliphatic heterocycles. The molecule has 5 nitrogen and oxygen atoms in total. The molecule has 26 heavy (non-hydrogen) atoms. The third kappa shape index (κ3) is 4.57. The Kier molecular flexibility index (Phi) is 6.17. The summed E-state index contributed by atoms with van der Waals surface area (Å²) in [6, 6.07) is 8.87. The van der Waals surface area contributed by atoms with Crippen molar-refractivity contribution in [2.75, 3.05) is 37.6 Å². The monoisotopic (exact) mass is 357 g/mol. The van der Waals surface area contributed by atoms with Crippen molar-refractivity contribution in [3.8, 4) is 0 Å². The van der Waals surface area contributed by atoms with Gasteiger partial charge in [-0.1, -0.05) is 25.0 Å². The van der Waals surface area contributed by atoms with Crippen molar-refractivity contribution >= 4 is 17.5 Å². The fourth-order valence-electron chi connectivity index (χ4n) is 4.23. The normalized spacial score (nSPS) is 18.2. The van der Waals surface area contributed by atoms with Crippen LogP contribution in [0.15, 0.2) is 24.3 Å². The van der Waals surface area contributed by atoms with Crippen molar-refractivity contribution < 1.29 is 9.59 Å². The van der Waals surface area contributed by atoms with Crippen LogP contribution in [0.1, 0.15) is 44.6 Å². The molecule has 1 saturated carbocycles. The van der Waals surface area contributed by atoms with E-state index in [1.54, 1.807) is 6.92 Å². The molecular weight excluding hydrogens is 326 g/mol. The SMILES string of the molecule is CC(=O)N(CCC(=O)N1CCN(c2cccc(C)c2)CC1)C1CCCC1. The van der Waals surface area contributed by atoms with Crippen LogP contribution in [0.2, 0.25) is 0 Å². The molecule has 1 saturated heterocycles. The first-order valence-corrected chi connectivity index (χ1v) is 9.91. The topological polar surface area (TPSA) is 43.9 Å². The first-order valence-electron chi connectivity index (χ1n) is 9.91. The molecule has 1 aromatic rings. The minimum absolute atomic E-state index is 0.106. The predicted molar refractivity (Wildman–Crippen MR) is 104 cm³/mol. The highest BCUT2D eigenvalue weighted by atomic mass is 16.2. The molecule has 2 aliphatic rings. The molecule has 0 bridgehead atoms. The Morgan fingerprint density at radius 3 is 2.42 bits per heavy atom. The van der Waals surface area contributed by atoms with Crippen LogP contribution >= 0.6 is 0 Å². The summed E-state index contributed by atoms with van der Waals surface area (Å²) in [6.45, 7) is 7.56. The third-order valence-electron chi connectivity index (χ3n) is 5.74. The van der Waals surface area contributed by atoms with E-state index < -0.39 is 0 Å². The van der Waals surface area contributed by atoms with Crippen molar-refractivity contribution in [2.45, 2.75) is 52.0 Å². The van der Waals surface area contributed by atoms with Gasteiger partial charge in [-0.3, -0.25) is 9.59 Å². The summed E-state index contributed by atoms with van der Waals surface area (Å²) in [6.07, 6.45) is 5.01. The molecule has 142 valence electrons. The number of amides is 2. The van der Waals surface area contributed by atoms with Gasteiger partial charge in [0.1, 0.15) is 0 Å². The second-order valence-corrected chi connectivity index (χ2v) is 7.61. The lowest BCUT2D eigenvalue weighted by molar-refractivity contribution is -0.134. The Bertz CT molecular complexity index is 632. The number of anilines is 1. The average molecular weight is 357 g/mol. The van der Waals surface area contributed by atoms with Gasteiger partial charge in [-0.25, -0.2) is 0 Å². The lowest BCUT2D eigenvalue weighted by atomic mass is 10.1. The van der Waals surface area contributed by atoms with Gasteiger partial charge in [0.15, 0.2) is 0 Å². The van der Waals surface area contributed by atoms with E-state index in [4.69, 9.17) is 0 Å². The Hall–Kier alpha value is -2.04. The van der Waals surface area contributed by atoms with Crippen molar-refractivity contribution in [3.63, 3.8) is 0 Å². The zero-order valence-electron chi connectivity index (χ0n) is 16.1. The minimum atomic E-state index is 0.106. The van der Waals surface area contributed by atoms with Crippen LogP contribution in [0.4, 0.5) is 5.69 Å². The number of carbonyl (C=O) groups excluding carboxylic acids is 2. The van der Waals surface area contributed by atoms with Crippen molar-refractivity contribution in [1.29, 1.82) is 0 Å². The van der Waals surface area contributed by atoms with Gasteiger partial charge in [-0.2, -0.15) is 0 Å². The minimum Gasteiger partial charge on any atom is -0.368 e. The van der Waals surface area contributed by atoms with Gasteiger partial charge in [-0.05, 0) is 37.5 Å². The maximum atomic E-state index is 12.6. The summed E-state index contributed by atoms with van der Waals surface area (Å²) in [4.78, 5) is 30.8. The lowest BCUT2D eigenvalue weighted by Gasteiger charge is -2.37. The van der Waals surface area contributed by atoms with Crippen LogP contribution in [0, 0.1) is 6.92 Å². The molecule has 1 aromatic carbocycles. The largest absolute Gasteiger partial charge is 0.368 e. The molecule has 0 unspecified atom stereocenters. The average Bonchev–Trinajstić information content (AvgIpc) is 3.16. The summed E-state index contributed by atoms with van der Waals surface area (Å²) < 4.78 is 0. The van der Waals surface area contributed by atoms with Crippen molar-refractivity contribution in [1.82, 2.24) is 9.80 Å². The number of rotatable bonds is 5. The quantitative estimate of drug-likeness (QED) is 0.814. The summed E-state index contributed by atoms with van der Waals surface area (Å²) in [7, 11) is 0. The van der Waals surface area contributed by atoms with E-state index in [9.17, 15) is 9.59 Å². The molecule has 3 rings (SSSR count). The number of hydrogen-bond acceptors (Lipinski definition) is 3. The number of hydrogen-bond donors (Lipinski definition) is 0. The lowest BCUT2D eigenvalue weighted by Crippen LogP contribution is -2.49. The van der Waals surface area contributed by atoms with Gasteiger partial charge < -0.3 is 14.7 Å². The zero-order chi connectivity index (χ0) is 18.5. The van der Waals surface area contributed by atoms with Gasteiger partial charge in [0.05, 0.1) is 0 Å².